The van der Waals surface area contributed by atoms with Crippen molar-refractivity contribution in [1.29, 1.82) is 0 Å². The Balaban J connectivity index is 1.39. The van der Waals surface area contributed by atoms with Crippen molar-refractivity contribution in [2.45, 2.75) is 51.0 Å². The first-order chi connectivity index (χ1) is 19.3. The van der Waals surface area contributed by atoms with Crippen LogP contribution in [0.1, 0.15) is 28.7 Å². The highest BCUT2D eigenvalue weighted by atomic mass is 16.5. The fraction of sp³-hybridized carbons (Fsp3) is 0.265. The van der Waals surface area contributed by atoms with Gasteiger partial charge in [-0.05, 0) is 22.3 Å². The molecule has 0 aromatic heterocycles. The Bertz CT molecular complexity index is 1270. The number of hydrogen-bond acceptors (Lipinski definition) is 4. The molecule has 1 aliphatic heterocycles. The Kier molecular flexibility index (Phi) is 9.53. The van der Waals surface area contributed by atoms with E-state index in [2.05, 4.69) is 12.1 Å². The van der Waals surface area contributed by atoms with Crippen LogP contribution < -0.4 is 0 Å². The van der Waals surface area contributed by atoms with E-state index >= 15 is 0 Å². The number of hydrogen-bond donors (Lipinski definition) is 0. The molecule has 0 N–H and O–H groups in total. The van der Waals surface area contributed by atoms with Gasteiger partial charge in [0.2, 0.25) is 5.91 Å². The molecule has 39 heavy (non-hydrogen) atoms. The summed E-state index contributed by atoms with van der Waals surface area (Å²) in [4.78, 5) is 15.5. The van der Waals surface area contributed by atoms with E-state index < -0.39 is 6.10 Å². The molecule has 1 heterocycles. The van der Waals surface area contributed by atoms with E-state index in [1.54, 1.807) is 0 Å². The normalized spacial score (nSPS) is 19.2. The molecule has 0 radical (unpaired) electrons. The monoisotopic (exact) mass is 521 g/mol. The maximum atomic E-state index is 13.6. The van der Waals surface area contributed by atoms with E-state index in [9.17, 15) is 4.79 Å². The van der Waals surface area contributed by atoms with Crippen molar-refractivity contribution in [3.8, 4) is 0 Å². The zero-order valence-electron chi connectivity index (χ0n) is 22.1. The second-order valence-corrected chi connectivity index (χ2v) is 9.88. The van der Waals surface area contributed by atoms with E-state index in [0.29, 0.717) is 33.0 Å². The minimum atomic E-state index is -0.390. The fourth-order valence-corrected chi connectivity index (χ4v) is 4.97. The molecule has 5 heteroatoms. The van der Waals surface area contributed by atoms with Gasteiger partial charge in [0.15, 0.2) is 0 Å². The number of rotatable bonds is 12. The van der Waals surface area contributed by atoms with Crippen LogP contribution in [0.2, 0.25) is 0 Å². The zero-order chi connectivity index (χ0) is 26.7. The lowest BCUT2D eigenvalue weighted by molar-refractivity contribution is -0.178. The third kappa shape index (κ3) is 7.64. The van der Waals surface area contributed by atoms with E-state index in [-0.39, 0.29) is 24.5 Å². The summed E-state index contributed by atoms with van der Waals surface area (Å²) in [5.74, 6) is 0.0461. The number of benzene rings is 4. The van der Waals surface area contributed by atoms with Crippen LogP contribution in [0, 0.1) is 0 Å². The van der Waals surface area contributed by atoms with Gasteiger partial charge < -0.3 is 19.1 Å². The molecule has 0 aliphatic carbocycles. The van der Waals surface area contributed by atoms with Crippen molar-refractivity contribution < 1.29 is 19.0 Å². The minimum absolute atomic E-state index is 0.0461. The lowest BCUT2D eigenvalue weighted by Gasteiger charge is -2.44. The molecule has 1 saturated heterocycles. The van der Waals surface area contributed by atoms with E-state index in [0.717, 1.165) is 22.3 Å². The van der Waals surface area contributed by atoms with Crippen LogP contribution >= 0.6 is 0 Å². The maximum absolute atomic E-state index is 13.6. The highest BCUT2D eigenvalue weighted by Crippen LogP contribution is 2.29. The van der Waals surface area contributed by atoms with Gasteiger partial charge in [-0.25, -0.2) is 0 Å². The van der Waals surface area contributed by atoms with E-state index in [1.165, 1.54) is 0 Å². The van der Waals surface area contributed by atoms with Crippen LogP contribution in [0.5, 0.6) is 0 Å². The smallest absolute Gasteiger partial charge is 0.226 e. The molecule has 4 aromatic carbocycles. The number of nitrogens with zero attached hydrogens (tertiary/aromatic N) is 1. The lowest BCUT2D eigenvalue weighted by atomic mass is 9.94. The molecule has 0 spiro atoms. The average molecular weight is 522 g/mol. The van der Waals surface area contributed by atoms with Gasteiger partial charge in [0.05, 0.1) is 45.0 Å². The lowest BCUT2D eigenvalue weighted by Crippen LogP contribution is -2.60. The molecule has 5 rings (SSSR count). The Hall–Kier alpha value is -3.77. The molecule has 1 amide bonds. The summed E-state index contributed by atoms with van der Waals surface area (Å²) in [6, 6.07) is 40.0. The molecule has 1 fully saturated rings. The molecule has 4 aromatic rings. The van der Waals surface area contributed by atoms with Crippen molar-refractivity contribution >= 4 is 5.91 Å². The van der Waals surface area contributed by atoms with Crippen molar-refractivity contribution in [3.63, 3.8) is 0 Å². The van der Waals surface area contributed by atoms with Crippen LogP contribution in [0.25, 0.3) is 0 Å². The summed E-state index contributed by atoms with van der Waals surface area (Å²) in [5.41, 5.74) is 4.31. The van der Waals surface area contributed by atoms with Crippen LogP contribution in [-0.2, 0) is 45.4 Å². The van der Waals surface area contributed by atoms with Crippen molar-refractivity contribution in [2.24, 2.45) is 0 Å². The SMILES string of the molecule is O=C1CC(OCc2ccccc2)C(OCc2ccccc2)C(COCc2ccccc2)N1Cc1ccccc1. The van der Waals surface area contributed by atoms with Gasteiger partial charge >= 0.3 is 0 Å². The van der Waals surface area contributed by atoms with Gasteiger partial charge in [-0.1, -0.05) is 121 Å². The topological polar surface area (TPSA) is 48.0 Å². The highest BCUT2D eigenvalue weighted by Gasteiger charge is 2.44. The Labute approximate surface area is 231 Å². The molecular weight excluding hydrogens is 486 g/mol. The Morgan fingerprint density at radius 3 is 1.59 bits per heavy atom. The summed E-state index contributed by atoms with van der Waals surface area (Å²) >= 11 is 0. The molecule has 1 aliphatic rings. The molecule has 0 saturated carbocycles. The van der Waals surface area contributed by atoms with Gasteiger partial charge in [-0.2, -0.15) is 0 Å². The van der Waals surface area contributed by atoms with Crippen LogP contribution in [0.15, 0.2) is 121 Å². The summed E-state index contributed by atoms with van der Waals surface area (Å²) in [6.45, 7) is 2.15. The molecular formula is C34H35NO4. The number of amides is 1. The first kappa shape index (κ1) is 26.8. The number of ether oxygens (including phenoxy) is 3. The van der Waals surface area contributed by atoms with E-state index in [4.69, 9.17) is 14.2 Å². The zero-order valence-corrected chi connectivity index (χ0v) is 22.1. The van der Waals surface area contributed by atoms with Crippen LogP contribution in [0.3, 0.4) is 0 Å². The van der Waals surface area contributed by atoms with Crippen molar-refractivity contribution in [1.82, 2.24) is 4.90 Å². The first-order valence-electron chi connectivity index (χ1n) is 13.5. The second-order valence-electron chi connectivity index (χ2n) is 9.88. The van der Waals surface area contributed by atoms with Gasteiger partial charge in [0, 0.05) is 6.54 Å². The number of carbonyl (C=O) groups excluding carboxylic acids is 1. The van der Waals surface area contributed by atoms with Crippen molar-refractivity contribution in [3.05, 3.63) is 144 Å². The maximum Gasteiger partial charge on any atom is 0.226 e. The third-order valence-corrected chi connectivity index (χ3v) is 7.03. The Morgan fingerprint density at radius 2 is 1.05 bits per heavy atom. The van der Waals surface area contributed by atoms with Crippen molar-refractivity contribution in [2.75, 3.05) is 6.61 Å². The molecule has 5 nitrogen and oxygen atoms in total. The molecule has 0 bridgehead atoms. The van der Waals surface area contributed by atoms with Gasteiger partial charge in [-0.15, -0.1) is 0 Å². The third-order valence-electron chi connectivity index (χ3n) is 7.03. The average Bonchev–Trinajstić information content (AvgIpc) is 2.99. The second kappa shape index (κ2) is 13.9. The molecule has 200 valence electrons. The largest absolute Gasteiger partial charge is 0.375 e. The molecule has 3 atom stereocenters. The number of piperidine rings is 1. The summed E-state index contributed by atoms with van der Waals surface area (Å²) in [7, 11) is 0. The number of carbonyl (C=O) groups is 1. The van der Waals surface area contributed by atoms with Gasteiger partial charge in [0.25, 0.3) is 0 Å². The first-order valence-corrected chi connectivity index (χ1v) is 13.5. The predicted octanol–water partition coefficient (Wildman–Crippen LogP) is 6.18. The standard InChI is InChI=1S/C34H35NO4/c36-33-21-32(38-24-29-17-9-3-10-18-29)34(39-25-30-19-11-4-12-20-30)31(26-37-23-28-15-7-2-8-16-28)35(33)22-27-13-5-1-6-14-27/h1-20,31-32,34H,21-26H2. The highest BCUT2D eigenvalue weighted by molar-refractivity contribution is 5.78. The van der Waals surface area contributed by atoms with Gasteiger partial charge in [-0.3, -0.25) is 4.79 Å². The van der Waals surface area contributed by atoms with E-state index in [1.807, 2.05) is 114 Å². The minimum Gasteiger partial charge on any atom is -0.375 e. The van der Waals surface area contributed by atoms with Gasteiger partial charge in [0.1, 0.15) is 6.10 Å². The van der Waals surface area contributed by atoms with Crippen LogP contribution in [-0.4, -0.2) is 35.7 Å². The van der Waals surface area contributed by atoms with Crippen LogP contribution in [0.4, 0.5) is 0 Å². The fourth-order valence-electron chi connectivity index (χ4n) is 4.97. The number of likely N-dealkylation sites (tertiary alicyclic amines) is 1. The predicted molar refractivity (Wildman–Crippen MR) is 152 cm³/mol. The summed E-state index contributed by atoms with van der Waals surface area (Å²) < 4.78 is 19.2. The quantitative estimate of drug-likeness (QED) is 0.224. The summed E-state index contributed by atoms with van der Waals surface area (Å²) in [6.07, 6.45) is -0.487. The Morgan fingerprint density at radius 1 is 0.590 bits per heavy atom. The summed E-state index contributed by atoms with van der Waals surface area (Å²) in [5, 5.41) is 0. The molecule has 3 unspecified atom stereocenters.